The number of nitrogens with two attached hydrogens (primary N) is 2. The Labute approximate surface area is 96.1 Å². The normalized spacial score (nSPS) is 15.3. The maximum atomic E-state index is 11.6. The zero-order chi connectivity index (χ0) is 12.9. The molecule has 0 aromatic heterocycles. The van der Waals surface area contributed by atoms with E-state index in [-0.39, 0.29) is 18.0 Å². The molecule has 0 aromatic carbocycles. The molecule has 0 rings (SSSR count). The van der Waals surface area contributed by atoms with E-state index in [4.69, 9.17) is 11.5 Å². The number of carbonyl (C=O) groups is 2. The number of nitrogens with one attached hydrogen (secondary N) is 2. The summed E-state index contributed by atoms with van der Waals surface area (Å²) in [7, 11) is 0. The van der Waals surface area contributed by atoms with Crippen LogP contribution < -0.4 is 22.1 Å². The fraction of sp³-hybridized carbons (Fsp3) is 0.800. The zero-order valence-electron chi connectivity index (χ0n) is 10.3. The SMILES string of the molecule is CC(NCC(N)C(N)=O)C(=O)NC(C)(C)C. The van der Waals surface area contributed by atoms with E-state index in [2.05, 4.69) is 10.6 Å². The van der Waals surface area contributed by atoms with Gasteiger partial charge < -0.3 is 22.1 Å². The number of rotatable bonds is 5. The molecule has 0 aliphatic heterocycles. The molecule has 2 unspecified atom stereocenters. The van der Waals surface area contributed by atoms with Crippen molar-refractivity contribution >= 4 is 11.8 Å². The van der Waals surface area contributed by atoms with Crippen molar-refractivity contribution in [2.45, 2.75) is 45.3 Å². The molecule has 0 bridgehead atoms. The van der Waals surface area contributed by atoms with Gasteiger partial charge in [0.2, 0.25) is 11.8 Å². The van der Waals surface area contributed by atoms with E-state index < -0.39 is 18.0 Å². The Morgan fingerprint density at radius 1 is 1.31 bits per heavy atom. The standard InChI is InChI=1S/C10H22N4O2/c1-6(9(16)14-10(2,3)4)13-5-7(11)8(12)15/h6-7,13H,5,11H2,1-4H3,(H2,12,15)(H,14,16). The molecule has 6 nitrogen and oxygen atoms in total. The molecular weight excluding hydrogens is 208 g/mol. The van der Waals surface area contributed by atoms with Crippen LogP contribution in [0.5, 0.6) is 0 Å². The van der Waals surface area contributed by atoms with Crippen LogP contribution in [0.2, 0.25) is 0 Å². The van der Waals surface area contributed by atoms with Gasteiger partial charge in [-0.1, -0.05) is 0 Å². The quantitative estimate of drug-likeness (QED) is 0.470. The summed E-state index contributed by atoms with van der Waals surface area (Å²) in [6.45, 7) is 7.58. The maximum absolute atomic E-state index is 11.6. The third-order valence-corrected chi connectivity index (χ3v) is 1.90. The topological polar surface area (TPSA) is 110 Å². The van der Waals surface area contributed by atoms with Crippen LogP contribution in [0.3, 0.4) is 0 Å². The molecule has 0 heterocycles. The van der Waals surface area contributed by atoms with E-state index in [1.807, 2.05) is 20.8 Å². The van der Waals surface area contributed by atoms with Crippen LogP contribution in [0.25, 0.3) is 0 Å². The Morgan fingerprint density at radius 2 is 1.81 bits per heavy atom. The van der Waals surface area contributed by atoms with Crippen molar-refractivity contribution in [3.63, 3.8) is 0 Å². The lowest BCUT2D eigenvalue weighted by atomic mass is 10.1. The Morgan fingerprint density at radius 3 is 2.19 bits per heavy atom. The van der Waals surface area contributed by atoms with E-state index in [1.165, 1.54) is 0 Å². The van der Waals surface area contributed by atoms with Gasteiger partial charge in [-0.3, -0.25) is 9.59 Å². The first-order valence-corrected chi connectivity index (χ1v) is 5.24. The van der Waals surface area contributed by atoms with E-state index in [1.54, 1.807) is 6.92 Å². The lowest BCUT2D eigenvalue weighted by molar-refractivity contribution is -0.124. The molecule has 2 atom stereocenters. The third-order valence-electron chi connectivity index (χ3n) is 1.90. The van der Waals surface area contributed by atoms with Gasteiger partial charge in [0.15, 0.2) is 0 Å². The lowest BCUT2D eigenvalue weighted by Crippen LogP contribution is -2.53. The first-order chi connectivity index (χ1) is 7.13. The van der Waals surface area contributed by atoms with Gasteiger partial charge in [-0.15, -0.1) is 0 Å². The minimum atomic E-state index is -0.773. The van der Waals surface area contributed by atoms with Gasteiger partial charge in [-0.25, -0.2) is 0 Å². The van der Waals surface area contributed by atoms with Gasteiger partial charge in [-0.2, -0.15) is 0 Å². The second-order valence-electron chi connectivity index (χ2n) is 4.88. The molecule has 0 saturated heterocycles. The summed E-state index contributed by atoms with van der Waals surface area (Å²) in [4.78, 5) is 22.3. The summed E-state index contributed by atoms with van der Waals surface area (Å²) >= 11 is 0. The Kier molecular flexibility index (Phi) is 5.40. The second-order valence-corrected chi connectivity index (χ2v) is 4.88. The number of hydrogen-bond donors (Lipinski definition) is 4. The van der Waals surface area contributed by atoms with Crippen molar-refractivity contribution in [1.82, 2.24) is 10.6 Å². The molecule has 0 fully saturated rings. The van der Waals surface area contributed by atoms with Gasteiger partial charge in [-0.05, 0) is 27.7 Å². The van der Waals surface area contributed by atoms with Gasteiger partial charge in [0.05, 0.1) is 12.1 Å². The van der Waals surface area contributed by atoms with E-state index >= 15 is 0 Å². The summed E-state index contributed by atoms with van der Waals surface area (Å²) in [5, 5.41) is 5.66. The van der Waals surface area contributed by atoms with Crippen LogP contribution in [0, 0.1) is 0 Å². The molecule has 0 spiro atoms. The van der Waals surface area contributed by atoms with Crippen LogP contribution in [0.1, 0.15) is 27.7 Å². The first-order valence-electron chi connectivity index (χ1n) is 5.24. The van der Waals surface area contributed by atoms with Crippen LogP contribution >= 0.6 is 0 Å². The minimum Gasteiger partial charge on any atom is -0.368 e. The number of primary amides is 1. The number of carbonyl (C=O) groups excluding carboxylic acids is 2. The first kappa shape index (κ1) is 14.9. The zero-order valence-corrected chi connectivity index (χ0v) is 10.3. The summed E-state index contributed by atoms with van der Waals surface area (Å²) in [6, 6.07) is -1.19. The highest BCUT2D eigenvalue weighted by atomic mass is 16.2. The highest BCUT2D eigenvalue weighted by Gasteiger charge is 2.20. The van der Waals surface area contributed by atoms with Gasteiger partial charge >= 0.3 is 0 Å². The summed E-state index contributed by atoms with van der Waals surface area (Å²) in [5.41, 5.74) is 10.1. The minimum absolute atomic E-state index is 0.135. The highest BCUT2D eigenvalue weighted by molar-refractivity contribution is 5.82. The molecule has 0 aromatic rings. The largest absolute Gasteiger partial charge is 0.368 e. The fourth-order valence-electron chi connectivity index (χ4n) is 0.975. The molecule has 6 N–H and O–H groups in total. The highest BCUT2D eigenvalue weighted by Crippen LogP contribution is 1.99. The van der Waals surface area contributed by atoms with Crippen LogP contribution in [-0.2, 0) is 9.59 Å². The smallest absolute Gasteiger partial charge is 0.237 e. The van der Waals surface area contributed by atoms with E-state index in [0.29, 0.717) is 0 Å². The van der Waals surface area contributed by atoms with E-state index in [0.717, 1.165) is 0 Å². The van der Waals surface area contributed by atoms with Gasteiger partial charge in [0.25, 0.3) is 0 Å². The summed E-state index contributed by atoms with van der Waals surface area (Å²) in [6.07, 6.45) is 0. The van der Waals surface area contributed by atoms with Crippen molar-refractivity contribution in [2.24, 2.45) is 11.5 Å². The van der Waals surface area contributed by atoms with Gasteiger partial charge in [0, 0.05) is 12.1 Å². The van der Waals surface area contributed by atoms with E-state index in [9.17, 15) is 9.59 Å². The van der Waals surface area contributed by atoms with Crippen molar-refractivity contribution in [3.8, 4) is 0 Å². The number of hydrogen-bond acceptors (Lipinski definition) is 4. The Bertz CT molecular complexity index is 260. The Balaban J connectivity index is 4.02. The molecule has 94 valence electrons. The van der Waals surface area contributed by atoms with Crippen LogP contribution in [-0.4, -0.2) is 36.0 Å². The van der Waals surface area contributed by atoms with Crippen LogP contribution in [0.4, 0.5) is 0 Å². The fourth-order valence-corrected chi connectivity index (χ4v) is 0.975. The molecule has 0 aliphatic rings. The number of amides is 2. The molecule has 2 amide bonds. The summed E-state index contributed by atoms with van der Waals surface area (Å²) in [5.74, 6) is -0.722. The Hall–Kier alpha value is -1.14. The molecule has 0 aliphatic carbocycles. The monoisotopic (exact) mass is 230 g/mol. The molecule has 16 heavy (non-hydrogen) atoms. The van der Waals surface area contributed by atoms with Crippen molar-refractivity contribution in [1.29, 1.82) is 0 Å². The average Bonchev–Trinajstić information content (AvgIpc) is 2.10. The molecular formula is C10H22N4O2. The van der Waals surface area contributed by atoms with Crippen molar-refractivity contribution < 1.29 is 9.59 Å². The van der Waals surface area contributed by atoms with Crippen LogP contribution in [0.15, 0.2) is 0 Å². The molecule has 0 saturated carbocycles. The predicted octanol–water partition coefficient (Wildman–Crippen LogP) is -1.31. The maximum Gasteiger partial charge on any atom is 0.237 e. The second kappa shape index (κ2) is 5.81. The lowest BCUT2D eigenvalue weighted by Gasteiger charge is -2.24. The average molecular weight is 230 g/mol. The van der Waals surface area contributed by atoms with Crippen molar-refractivity contribution in [2.75, 3.05) is 6.54 Å². The third kappa shape index (κ3) is 6.36. The van der Waals surface area contributed by atoms with Crippen molar-refractivity contribution in [3.05, 3.63) is 0 Å². The molecule has 6 heteroatoms. The predicted molar refractivity (Wildman–Crippen MR) is 62.5 cm³/mol. The summed E-state index contributed by atoms with van der Waals surface area (Å²) < 4.78 is 0. The molecule has 0 radical (unpaired) electrons. The van der Waals surface area contributed by atoms with Gasteiger partial charge in [0.1, 0.15) is 0 Å².